The largest absolute Gasteiger partial charge is 0.496 e. The quantitative estimate of drug-likeness (QED) is 0.620. The van der Waals surface area contributed by atoms with Crippen molar-refractivity contribution in [1.29, 1.82) is 0 Å². The number of benzene rings is 1. The lowest BCUT2D eigenvalue weighted by Gasteiger charge is -2.07. The summed E-state index contributed by atoms with van der Waals surface area (Å²) in [5.41, 5.74) is 1.46. The molecule has 1 aromatic carbocycles. The van der Waals surface area contributed by atoms with E-state index in [2.05, 4.69) is 0 Å². The van der Waals surface area contributed by atoms with E-state index in [9.17, 15) is 4.79 Å². The van der Waals surface area contributed by atoms with Gasteiger partial charge >= 0.3 is 0 Å². The minimum atomic E-state index is -0.452. The molecule has 13 heavy (non-hydrogen) atoms. The predicted molar refractivity (Wildman–Crippen MR) is 60.6 cm³/mol. The molecule has 0 heterocycles. The molecule has 0 bridgehead atoms. The first kappa shape index (κ1) is 10.8. The fraction of sp³-hybridized carbons (Fsp3) is 0.222. The van der Waals surface area contributed by atoms with E-state index in [0.29, 0.717) is 11.3 Å². The Labute approximate surface area is 95.4 Å². The van der Waals surface area contributed by atoms with Gasteiger partial charge in [0, 0.05) is 0 Å². The smallest absolute Gasteiger partial charge is 0.253 e. The Balaban J connectivity index is 3.35. The van der Waals surface area contributed by atoms with E-state index in [1.165, 1.54) is 0 Å². The van der Waals surface area contributed by atoms with Gasteiger partial charge in [-0.05, 0) is 58.8 Å². The van der Waals surface area contributed by atoms with Crippen LogP contribution >= 0.6 is 34.2 Å². The number of halogens is 2. The van der Waals surface area contributed by atoms with Crippen molar-refractivity contribution >= 4 is 39.4 Å². The van der Waals surface area contributed by atoms with E-state index < -0.39 is 5.24 Å². The Bertz CT molecular complexity index is 350. The molecule has 0 aliphatic heterocycles. The third-order valence-electron chi connectivity index (χ3n) is 1.62. The number of carbonyl (C=O) groups is 1. The molecule has 0 atom stereocenters. The van der Waals surface area contributed by atoms with Crippen LogP contribution in [-0.4, -0.2) is 12.4 Å². The average Bonchev–Trinajstić information content (AvgIpc) is 2.08. The Morgan fingerprint density at radius 1 is 1.54 bits per heavy atom. The average molecular weight is 311 g/mol. The van der Waals surface area contributed by atoms with E-state index in [0.717, 1.165) is 9.13 Å². The number of ether oxygens (including phenoxy) is 1. The summed E-state index contributed by atoms with van der Waals surface area (Å²) in [4.78, 5) is 11.0. The van der Waals surface area contributed by atoms with Gasteiger partial charge in [-0.25, -0.2) is 0 Å². The van der Waals surface area contributed by atoms with Crippen molar-refractivity contribution in [3.8, 4) is 5.75 Å². The normalized spacial score (nSPS) is 9.85. The Morgan fingerprint density at radius 3 is 2.62 bits per heavy atom. The molecule has 0 fully saturated rings. The monoisotopic (exact) mass is 310 g/mol. The zero-order valence-electron chi connectivity index (χ0n) is 7.23. The summed E-state index contributed by atoms with van der Waals surface area (Å²) in [5, 5.41) is -0.452. The first-order valence-electron chi connectivity index (χ1n) is 3.60. The van der Waals surface area contributed by atoms with Crippen molar-refractivity contribution in [2.45, 2.75) is 6.92 Å². The lowest BCUT2D eigenvalue weighted by molar-refractivity contribution is 0.108. The molecular formula is C9H8ClIO2. The van der Waals surface area contributed by atoms with Crippen molar-refractivity contribution in [3.05, 3.63) is 26.8 Å². The zero-order chi connectivity index (χ0) is 10.0. The van der Waals surface area contributed by atoms with Crippen molar-refractivity contribution < 1.29 is 9.53 Å². The van der Waals surface area contributed by atoms with Gasteiger partial charge in [0.2, 0.25) is 0 Å². The lowest BCUT2D eigenvalue weighted by atomic mass is 10.1. The maximum absolute atomic E-state index is 11.0. The van der Waals surface area contributed by atoms with Crippen LogP contribution in [0.4, 0.5) is 0 Å². The van der Waals surface area contributed by atoms with Crippen LogP contribution in [0.1, 0.15) is 15.9 Å². The van der Waals surface area contributed by atoms with E-state index >= 15 is 0 Å². The third-order valence-corrected chi connectivity index (χ3v) is 2.93. The first-order valence-corrected chi connectivity index (χ1v) is 5.06. The molecule has 1 rings (SSSR count). The number of hydrogen-bond acceptors (Lipinski definition) is 2. The summed E-state index contributed by atoms with van der Waals surface area (Å²) in [6, 6.07) is 3.62. The van der Waals surface area contributed by atoms with E-state index in [4.69, 9.17) is 16.3 Å². The Hall–Kier alpha value is -0.290. The number of hydrogen-bond donors (Lipinski definition) is 0. The number of rotatable bonds is 2. The molecule has 0 saturated carbocycles. The SMILES string of the molecule is COc1cc(C)cc(C(=O)Cl)c1I. The summed E-state index contributed by atoms with van der Waals surface area (Å²) in [6.07, 6.45) is 0. The predicted octanol–water partition coefficient (Wildman–Crippen LogP) is 2.99. The number of aryl methyl sites for hydroxylation is 1. The highest BCUT2D eigenvalue weighted by Crippen LogP contribution is 2.27. The molecule has 0 N–H and O–H groups in total. The van der Waals surface area contributed by atoms with Crippen LogP contribution in [0.2, 0.25) is 0 Å². The topological polar surface area (TPSA) is 26.3 Å². The maximum atomic E-state index is 11.0. The van der Waals surface area contributed by atoms with E-state index in [-0.39, 0.29) is 0 Å². The fourth-order valence-corrected chi connectivity index (χ4v) is 2.11. The summed E-state index contributed by atoms with van der Waals surface area (Å²) < 4.78 is 5.85. The van der Waals surface area contributed by atoms with Crippen LogP contribution < -0.4 is 4.74 Å². The van der Waals surface area contributed by atoms with Gasteiger partial charge < -0.3 is 4.74 Å². The van der Waals surface area contributed by atoms with Crippen LogP contribution in [0.25, 0.3) is 0 Å². The number of carbonyl (C=O) groups excluding carboxylic acids is 1. The van der Waals surface area contributed by atoms with Gasteiger partial charge in [-0.2, -0.15) is 0 Å². The third kappa shape index (κ3) is 2.34. The molecule has 0 aliphatic carbocycles. The standard InChI is InChI=1S/C9H8ClIO2/c1-5-3-6(9(10)12)8(11)7(4-5)13-2/h3-4H,1-2H3. The van der Waals surface area contributed by atoms with Crippen LogP contribution in [0.3, 0.4) is 0 Å². The highest BCUT2D eigenvalue weighted by molar-refractivity contribution is 14.1. The minimum absolute atomic E-state index is 0.452. The Kier molecular flexibility index (Phi) is 3.55. The molecule has 1 aromatic rings. The summed E-state index contributed by atoms with van der Waals surface area (Å²) in [7, 11) is 1.57. The van der Waals surface area contributed by atoms with Crippen molar-refractivity contribution in [2.24, 2.45) is 0 Å². The second-order valence-corrected chi connectivity index (χ2v) is 4.02. The Morgan fingerprint density at radius 2 is 2.15 bits per heavy atom. The van der Waals surface area contributed by atoms with Crippen LogP contribution in [-0.2, 0) is 0 Å². The summed E-state index contributed by atoms with van der Waals surface area (Å²) >= 11 is 7.45. The molecule has 0 radical (unpaired) electrons. The second kappa shape index (κ2) is 4.28. The van der Waals surface area contributed by atoms with E-state index in [1.807, 2.05) is 35.6 Å². The first-order chi connectivity index (χ1) is 6.06. The van der Waals surface area contributed by atoms with Gasteiger partial charge in [0.25, 0.3) is 5.24 Å². The van der Waals surface area contributed by atoms with Gasteiger partial charge in [-0.15, -0.1) is 0 Å². The summed E-state index contributed by atoms with van der Waals surface area (Å²) in [6.45, 7) is 1.89. The lowest BCUT2D eigenvalue weighted by Crippen LogP contribution is -1.98. The molecule has 2 nitrogen and oxygen atoms in total. The minimum Gasteiger partial charge on any atom is -0.496 e. The number of methoxy groups -OCH3 is 1. The highest BCUT2D eigenvalue weighted by Gasteiger charge is 2.12. The molecule has 0 spiro atoms. The van der Waals surface area contributed by atoms with Gasteiger partial charge in [0.05, 0.1) is 16.2 Å². The zero-order valence-corrected chi connectivity index (χ0v) is 10.1. The van der Waals surface area contributed by atoms with E-state index in [1.54, 1.807) is 13.2 Å². The molecule has 70 valence electrons. The fourth-order valence-electron chi connectivity index (χ4n) is 1.03. The van der Waals surface area contributed by atoms with Crippen molar-refractivity contribution in [2.75, 3.05) is 7.11 Å². The molecule has 0 amide bonds. The highest BCUT2D eigenvalue weighted by atomic mass is 127. The molecular weight excluding hydrogens is 302 g/mol. The summed E-state index contributed by atoms with van der Waals surface area (Å²) in [5.74, 6) is 0.685. The van der Waals surface area contributed by atoms with Gasteiger partial charge in [-0.3, -0.25) is 4.79 Å². The molecule has 0 aromatic heterocycles. The molecule has 0 aliphatic rings. The van der Waals surface area contributed by atoms with Crippen molar-refractivity contribution in [3.63, 3.8) is 0 Å². The van der Waals surface area contributed by atoms with Gasteiger partial charge in [-0.1, -0.05) is 0 Å². The molecule has 0 saturated heterocycles. The van der Waals surface area contributed by atoms with Crippen molar-refractivity contribution in [1.82, 2.24) is 0 Å². The van der Waals surface area contributed by atoms with Crippen LogP contribution in [0, 0.1) is 10.5 Å². The van der Waals surface area contributed by atoms with Gasteiger partial charge in [0.15, 0.2) is 0 Å². The van der Waals surface area contributed by atoms with Crippen LogP contribution in [0.5, 0.6) is 5.75 Å². The molecule has 0 unspecified atom stereocenters. The molecule has 4 heteroatoms. The van der Waals surface area contributed by atoms with Gasteiger partial charge in [0.1, 0.15) is 5.75 Å². The second-order valence-electron chi connectivity index (χ2n) is 2.60. The van der Waals surface area contributed by atoms with Crippen LogP contribution in [0.15, 0.2) is 12.1 Å². The maximum Gasteiger partial charge on any atom is 0.253 e.